The molecule has 0 unspecified atom stereocenters. The van der Waals surface area contributed by atoms with Gasteiger partial charge in [-0.1, -0.05) is 12.2 Å². The Balaban J connectivity index is 2.25. The quantitative estimate of drug-likeness (QED) is 0.627. The van der Waals surface area contributed by atoms with Crippen molar-refractivity contribution in [3.05, 3.63) is 12.2 Å². The minimum atomic E-state index is -0.242. The van der Waals surface area contributed by atoms with Crippen LogP contribution in [-0.2, 0) is 0 Å². The van der Waals surface area contributed by atoms with Gasteiger partial charge in [0.05, 0.1) is 6.10 Å². The van der Waals surface area contributed by atoms with Crippen molar-refractivity contribution in [3.63, 3.8) is 0 Å². The topological polar surface area (TPSA) is 40.5 Å². The van der Waals surface area contributed by atoms with Gasteiger partial charge in [0.15, 0.2) is 0 Å². The molecule has 70 valence electrons. The summed E-state index contributed by atoms with van der Waals surface area (Å²) in [5.74, 6) is 0.338. The maximum absolute atomic E-state index is 9.64. The fourth-order valence-electron chi connectivity index (χ4n) is 1.67. The van der Waals surface area contributed by atoms with E-state index in [2.05, 4.69) is 12.2 Å². The second-order valence-electron chi connectivity index (χ2n) is 3.46. The van der Waals surface area contributed by atoms with Crippen LogP contribution in [-0.4, -0.2) is 22.9 Å². The van der Waals surface area contributed by atoms with E-state index in [1.165, 1.54) is 6.42 Å². The molecule has 0 bridgehead atoms. The van der Waals surface area contributed by atoms with Crippen molar-refractivity contribution in [2.24, 2.45) is 5.92 Å². The minimum absolute atomic E-state index is 0.188. The zero-order valence-corrected chi connectivity index (χ0v) is 7.45. The van der Waals surface area contributed by atoms with E-state index in [1.807, 2.05) is 0 Å². The lowest BCUT2D eigenvalue weighted by Gasteiger charge is -2.21. The van der Waals surface area contributed by atoms with Gasteiger partial charge in [-0.2, -0.15) is 0 Å². The second kappa shape index (κ2) is 5.33. The molecular formula is C10H18O2. The molecule has 0 fully saturated rings. The predicted octanol–water partition coefficient (Wildman–Crippen LogP) is 1.48. The van der Waals surface area contributed by atoms with E-state index in [-0.39, 0.29) is 12.7 Å². The number of rotatable bonds is 4. The normalized spacial score (nSPS) is 25.7. The van der Waals surface area contributed by atoms with E-state index in [4.69, 9.17) is 5.11 Å². The molecule has 12 heavy (non-hydrogen) atoms. The van der Waals surface area contributed by atoms with Crippen LogP contribution in [0.4, 0.5) is 0 Å². The van der Waals surface area contributed by atoms with Crippen molar-refractivity contribution in [3.8, 4) is 0 Å². The lowest BCUT2D eigenvalue weighted by molar-refractivity contribution is 0.104. The Bertz CT molecular complexity index is 143. The van der Waals surface area contributed by atoms with E-state index in [9.17, 15) is 5.11 Å². The van der Waals surface area contributed by atoms with Crippen molar-refractivity contribution < 1.29 is 10.2 Å². The first kappa shape index (κ1) is 9.75. The van der Waals surface area contributed by atoms with Gasteiger partial charge in [0, 0.05) is 12.5 Å². The summed E-state index contributed by atoms with van der Waals surface area (Å²) in [7, 11) is 0. The molecule has 2 N–H and O–H groups in total. The fourth-order valence-corrected chi connectivity index (χ4v) is 1.67. The molecule has 1 rings (SSSR count). The molecule has 0 aromatic rings. The van der Waals surface area contributed by atoms with Crippen molar-refractivity contribution in [2.75, 3.05) is 6.61 Å². The highest BCUT2D eigenvalue weighted by Crippen LogP contribution is 2.22. The fraction of sp³-hybridized carbons (Fsp3) is 0.800. The number of aliphatic hydroxyl groups excluding tert-OH is 2. The summed E-state index contributed by atoms with van der Waals surface area (Å²) in [5.41, 5.74) is 0. The molecule has 2 nitrogen and oxygen atoms in total. The first-order valence-corrected chi connectivity index (χ1v) is 4.80. The molecule has 0 spiro atoms. The van der Waals surface area contributed by atoms with E-state index in [1.54, 1.807) is 0 Å². The molecule has 0 aromatic carbocycles. The molecule has 0 aromatic heterocycles. The molecule has 0 amide bonds. The van der Waals surface area contributed by atoms with Gasteiger partial charge < -0.3 is 10.2 Å². The Hall–Kier alpha value is -0.340. The summed E-state index contributed by atoms with van der Waals surface area (Å²) in [6.45, 7) is 0.188. The van der Waals surface area contributed by atoms with Crippen LogP contribution in [0.25, 0.3) is 0 Å². The molecule has 0 saturated heterocycles. The first-order chi connectivity index (χ1) is 5.84. The lowest BCUT2D eigenvalue weighted by Crippen LogP contribution is -2.20. The van der Waals surface area contributed by atoms with Gasteiger partial charge in [0.2, 0.25) is 0 Å². The Morgan fingerprint density at radius 3 is 2.92 bits per heavy atom. The summed E-state index contributed by atoms with van der Waals surface area (Å²) in [4.78, 5) is 0. The van der Waals surface area contributed by atoms with Crippen LogP contribution in [0.2, 0.25) is 0 Å². The van der Waals surface area contributed by atoms with E-state index in [0.717, 1.165) is 19.3 Å². The zero-order chi connectivity index (χ0) is 8.81. The lowest BCUT2D eigenvalue weighted by atomic mass is 9.89. The highest BCUT2D eigenvalue weighted by Gasteiger charge is 2.17. The average molecular weight is 170 g/mol. The third-order valence-corrected chi connectivity index (χ3v) is 2.44. The van der Waals surface area contributed by atoms with Crippen molar-refractivity contribution in [1.29, 1.82) is 0 Å². The predicted molar refractivity (Wildman–Crippen MR) is 48.8 cm³/mol. The van der Waals surface area contributed by atoms with Gasteiger partial charge in [0.1, 0.15) is 0 Å². The van der Waals surface area contributed by atoms with E-state index < -0.39 is 0 Å². The minimum Gasteiger partial charge on any atom is -0.396 e. The van der Waals surface area contributed by atoms with Gasteiger partial charge in [-0.05, 0) is 32.1 Å². The molecular weight excluding hydrogens is 152 g/mol. The van der Waals surface area contributed by atoms with Crippen LogP contribution < -0.4 is 0 Å². The van der Waals surface area contributed by atoms with Crippen LogP contribution in [0.1, 0.15) is 32.1 Å². The van der Waals surface area contributed by atoms with Crippen LogP contribution in [0.3, 0.4) is 0 Å². The SMILES string of the molecule is OCCC[C@@H](O)[C@H]1C=CCCC1. The van der Waals surface area contributed by atoms with Crippen LogP contribution in [0, 0.1) is 5.92 Å². The molecule has 0 heterocycles. The van der Waals surface area contributed by atoms with Crippen molar-refractivity contribution >= 4 is 0 Å². The third-order valence-electron chi connectivity index (χ3n) is 2.44. The average Bonchev–Trinajstić information content (AvgIpc) is 2.15. The summed E-state index contributed by atoms with van der Waals surface area (Å²) in [6.07, 6.45) is 8.91. The molecule has 2 heteroatoms. The zero-order valence-electron chi connectivity index (χ0n) is 7.45. The Morgan fingerprint density at radius 2 is 2.33 bits per heavy atom. The van der Waals surface area contributed by atoms with Crippen molar-refractivity contribution in [2.45, 2.75) is 38.2 Å². The summed E-state index contributed by atoms with van der Waals surface area (Å²) < 4.78 is 0. The van der Waals surface area contributed by atoms with Crippen LogP contribution in [0.15, 0.2) is 12.2 Å². The largest absolute Gasteiger partial charge is 0.396 e. The van der Waals surface area contributed by atoms with Crippen LogP contribution in [0.5, 0.6) is 0 Å². The molecule has 1 aliphatic carbocycles. The Kier molecular flexibility index (Phi) is 4.33. The van der Waals surface area contributed by atoms with Crippen molar-refractivity contribution in [1.82, 2.24) is 0 Å². The molecule has 0 aliphatic heterocycles. The van der Waals surface area contributed by atoms with E-state index in [0.29, 0.717) is 12.3 Å². The standard InChI is InChI=1S/C10H18O2/c11-8-4-7-10(12)9-5-2-1-3-6-9/h2,5,9-12H,1,3-4,6-8H2/t9-,10+/m0/s1. The maximum Gasteiger partial charge on any atom is 0.0603 e. The van der Waals surface area contributed by atoms with E-state index >= 15 is 0 Å². The van der Waals surface area contributed by atoms with Gasteiger partial charge in [-0.3, -0.25) is 0 Å². The second-order valence-corrected chi connectivity index (χ2v) is 3.46. The van der Waals surface area contributed by atoms with Gasteiger partial charge >= 0.3 is 0 Å². The Labute approximate surface area is 73.9 Å². The molecule has 0 radical (unpaired) electrons. The summed E-state index contributed by atoms with van der Waals surface area (Å²) in [6, 6.07) is 0. The maximum atomic E-state index is 9.64. The van der Waals surface area contributed by atoms with Gasteiger partial charge in [-0.15, -0.1) is 0 Å². The van der Waals surface area contributed by atoms with Crippen LogP contribution >= 0.6 is 0 Å². The number of allylic oxidation sites excluding steroid dienone is 1. The third kappa shape index (κ3) is 2.95. The molecule has 2 atom stereocenters. The smallest absolute Gasteiger partial charge is 0.0603 e. The number of hydrogen-bond acceptors (Lipinski definition) is 2. The number of aliphatic hydroxyl groups is 2. The number of hydrogen-bond donors (Lipinski definition) is 2. The molecule has 1 aliphatic rings. The van der Waals surface area contributed by atoms with Gasteiger partial charge in [-0.25, -0.2) is 0 Å². The monoisotopic (exact) mass is 170 g/mol. The highest BCUT2D eigenvalue weighted by molar-refractivity contribution is 4.95. The molecule has 0 saturated carbocycles. The van der Waals surface area contributed by atoms with Gasteiger partial charge in [0.25, 0.3) is 0 Å². The summed E-state index contributed by atoms with van der Waals surface area (Å²) >= 11 is 0. The highest BCUT2D eigenvalue weighted by atomic mass is 16.3. The first-order valence-electron chi connectivity index (χ1n) is 4.80. The Morgan fingerprint density at radius 1 is 1.50 bits per heavy atom. The summed E-state index contributed by atoms with van der Waals surface area (Å²) in [5, 5.41) is 18.2.